The zero-order valence-electron chi connectivity index (χ0n) is 6.79. The summed E-state index contributed by atoms with van der Waals surface area (Å²) in [5.74, 6) is 0.793. The van der Waals surface area contributed by atoms with Gasteiger partial charge in [0, 0.05) is 23.8 Å². The van der Waals surface area contributed by atoms with E-state index >= 15 is 0 Å². The Hall–Kier alpha value is -0.250. The Bertz CT molecular complexity index is 205. The van der Waals surface area contributed by atoms with Gasteiger partial charge in [0.1, 0.15) is 0 Å². The number of carboxylic acid groups (broad SMARTS) is 1. The summed E-state index contributed by atoms with van der Waals surface area (Å²) >= 11 is 3.45. The van der Waals surface area contributed by atoms with Gasteiger partial charge in [-0.15, -0.1) is 0 Å². The van der Waals surface area contributed by atoms with Crippen molar-refractivity contribution in [2.75, 3.05) is 18.4 Å². The third-order valence-electron chi connectivity index (χ3n) is 2.98. The van der Waals surface area contributed by atoms with Crippen molar-refractivity contribution in [3.05, 3.63) is 0 Å². The highest BCUT2D eigenvalue weighted by atomic mass is 79.9. The number of nitrogens with zero attached hydrogens (tertiary/aromatic N) is 1. The summed E-state index contributed by atoms with van der Waals surface area (Å²) in [5.41, 5.74) is 0.386. The molecule has 1 spiro atoms. The maximum absolute atomic E-state index is 10.5. The van der Waals surface area contributed by atoms with Gasteiger partial charge in [-0.25, -0.2) is 4.79 Å². The highest BCUT2D eigenvalue weighted by molar-refractivity contribution is 9.09. The van der Waals surface area contributed by atoms with Gasteiger partial charge in [-0.1, -0.05) is 15.9 Å². The van der Waals surface area contributed by atoms with Crippen molar-refractivity contribution in [1.82, 2.24) is 4.90 Å². The minimum Gasteiger partial charge on any atom is -0.465 e. The Morgan fingerprint density at radius 2 is 2.17 bits per heavy atom. The molecule has 0 aromatic rings. The molecule has 1 heterocycles. The lowest BCUT2D eigenvalue weighted by atomic mass is 9.58. The molecule has 0 unspecified atom stereocenters. The van der Waals surface area contributed by atoms with Gasteiger partial charge in [0.2, 0.25) is 0 Å². The molecule has 1 amide bonds. The van der Waals surface area contributed by atoms with Gasteiger partial charge >= 0.3 is 6.09 Å². The van der Waals surface area contributed by atoms with E-state index in [1.807, 2.05) is 0 Å². The molecule has 4 heteroatoms. The fraction of sp³-hybridized carbons (Fsp3) is 0.875. The third kappa shape index (κ3) is 1.13. The Morgan fingerprint density at radius 1 is 1.58 bits per heavy atom. The van der Waals surface area contributed by atoms with Crippen LogP contribution < -0.4 is 0 Å². The van der Waals surface area contributed by atoms with E-state index in [9.17, 15) is 4.79 Å². The number of hydrogen-bond donors (Lipinski definition) is 1. The number of amides is 1. The Kier molecular flexibility index (Phi) is 1.82. The second-order valence-corrected chi connectivity index (χ2v) is 4.71. The molecule has 2 rings (SSSR count). The number of hydrogen-bond acceptors (Lipinski definition) is 1. The van der Waals surface area contributed by atoms with Crippen molar-refractivity contribution in [2.45, 2.75) is 12.8 Å². The van der Waals surface area contributed by atoms with Gasteiger partial charge in [-0.2, -0.15) is 0 Å². The fourth-order valence-electron chi connectivity index (χ4n) is 2.43. The average Bonchev–Trinajstić information content (AvgIpc) is 1.81. The third-order valence-corrected chi connectivity index (χ3v) is 3.90. The molecule has 2 fully saturated rings. The van der Waals surface area contributed by atoms with Crippen LogP contribution >= 0.6 is 15.9 Å². The second kappa shape index (κ2) is 2.62. The van der Waals surface area contributed by atoms with E-state index in [1.54, 1.807) is 0 Å². The standard InChI is InChI=1S/C8H12BrNO2/c9-3-6-1-8(2-6)4-10(5-8)7(11)12/h6H,1-5H2,(H,11,12). The molecule has 1 aliphatic carbocycles. The summed E-state index contributed by atoms with van der Waals surface area (Å²) in [7, 11) is 0. The SMILES string of the molecule is O=C(O)N1CC2(CC(CBr)C2)C1. The van der Waals surface area contributed by atoms with Gasteiger partial charge < -0.3 is 10.0 Å². The normalized spacial score (nSPS) is 26.6. The van der Waals surface area contributed by atoms with Crippen LogP contribution in [0.15, 0.2) is 0 Å². The van der Waals surface area contributed by atoms with Crippen molar-refractivity contribution in [2.24, 2.45) is 11.3 Å². The number of alkyl halides is 1. The molecule has 1 aliphatic heterocycles. The summed E-state index contributed by atoms with van der Waals surface area (Å²) in [6.07, 6.45) is 1.66. The molecule has 1 saturated heterocycles. The Labute approximate surface area is 79.9 Å². The van der Waals surface area contributed by atoms with E-state index in [-0.39, 0.29) is 0 Å². The summed E-state index contributed by atoms with van der Waals surface area (Å²) in [6, 6.07) is 0. The first kappa shape index (κ1) is 8.35. The second-order valence-electron chi connectivity index (χ2n) is 4.07. The zero-order valence-corrected chi connectivity index (χ0v) is 8.38. The first-order valence-electron chi connectivity index (χ1n) is 4.19. The molecule has 12 heavy (non-hydrogen) atoms. The molecule has 0 radical (unpaired) electrons. The highest BCUT2D eigenvalue weighted by Gasteiger charge is 2.53. The van der Waals surface area contributed by atoms with Crippen LogP contribution in [0.1, 0.15) is 12.8 Å². The van der Waals surface area contributed by atoms with Crippen LogP contribution in [0.25, 0.3) is 0 Å². The van der Waals surface area contributed by atoms with Crippen LogP contribution in [0, 0.1) is 11.3 Å². The molecule has 0 atom stereocenters. The first-order valence-corrected chi connectivity index (χ1v) is 5.31. The van der Waals surface area contributed by atoms with E-state index in [1.165, 1.54) is 17.7 Å². The van der Waals surface area contributed by atoms with E-state index in [0.29, 0.717) is 5.41 Å². The smallest absolute Gasteiger partial charge is 0.407 e. The van der Waals surface area contributed by atoms with E-state index in [0.717, 1.165) is 24.3 Å². The van der Waals surface area contributed by atoms with Gasteiger partial charge in [0.05, 0.1) is 0 Å². The monoisotopic (exact) mass is 233 g/mol. The predicted molar refractivity (Wildman–Crippen MR) is 48.5 cm³/mol. The summed E-state index contributed by atoms with van der Waals surface area (Å²) in [6.45, 7) is 1.54. The molecular weight excluding hydrogens is 222 g/mol. The van der Waals surface area contributed by atoms with Crippen LogP contribution in [0.5, 0.6) is 0 Å². The van der Waals surface area contributed by atoms with E-state index in [2.05, 4.69) is 15.9 Å². The predicted octanol–water partition coefficient (Wildman–Crippen LogP) is 1.77. The summed E-state index contributed by atoms with van der Waals surface area (Å²) < 4.78 is 0. The van der Waals surface area contributed by atoms with E-state index in [4.69, 9.17) is 5.11 Å². The molecule has 68 valence electrons. The van der Waals surface area contributed by atoms with Crippen LogP contribution in [0.3, 0.4) is 0 Å². The lowest BCUT2D eigenvalue weighted by Crippen LogP contribution is -2.63. The van der Waals surface area contributed by atoms with Crippen molar-refractivity contribution in [3.8, 4) is 0 Å². The molecule has 0 aromatic carbocycles. The van der Waals surface area contributed by atoms with Crippen LogP contribution in [-0.2, 0) is 0 Å². The molecule has 0 aromatic heterocycles. The van der Waals surface area contributed by atoms with Gasteiger partial charge in [-0.05, 0) is 18.8 Å². The summed E-state index contributed by atoms with van der Waals surface area (Å²) in [5, 5.41) is 9.70. The maximum atomic E-state index is 10.5. The van der Waals surface area contributed by atoms with E-state index < -0.39 is 6.09 Å². The minimum absolute atomic E-state index is 0.386. The van der Waals surface area contributed by atoms with Crippen molar-refractivity contribution in [1.29, 1.82) is 0 Å². The fourth-order valence-corrected chi connectivity index (χ4v) is 2.89. The Balaban J connectivity index is 1.79. The quantitative estimate of drug-likeness (QED) is 0.702. The van der Waals surface area contributed by atoms with Crippen molar-refractivity contribution >= 4 is 22.0 Å². The number of halogens is 1. The van der Waals surface area contributed by atoms with Crippen LogP contribution in [0.4, 0.5) is 4.79 Å². The zero-order chi connectivity index (χ0) is 8.77. The maximum Gasteiger partial charge on any atom is 0.407 e. The van der Waals surface area contributed by atoms with Crippen LogP contribution in [-0.4, -0.2) is 34.5 Å². The van der Waals surface area contributed by atoms with Gasteiger partial charge in [-0.3, -0.25) is 0 Å². The largest absolute Gasteiger partial charge is 0.465 e. The molecule has 1 N–H and O–H groups in total. The number of likely N-dealkylation sites (tertiary alicyclic amines) is 1. The molecule has 0 bridgehead atoms. The van der Waals surface area contributed by atoms with Crippen LogP contribution in [0.2, 0.25) is 0 Å². The highest BCUT2D eigenvalue weighted by Crippen LogP contribution is 2.52. The van der Waals surface area contributed by atoms with Crippen molar-refractivity contribution < 1.29 is 9.90 Å². The topological polar surface area (TPSA) is 40.5 Å². The number of rotatable bonds is 1. The van der Waals surface area contributed by atoms with Crippen molar-refractivity contribution in [3.63, 3.8) is 0 Å². The average molecular weight is 234 g/mol. The van der Waals surface area contributed by atoms with Gasteiger partial charge in [0.25, 0.3) is 0 Å². The lowest BCUT2D eigenvalue weighted by molar-refractivity contribution is -0.0728. The Morgan fingerprint density at radius 3 is 2.58 bits per heavy atom. The van der Waals surface area contributed by atoms with Gasteiger partial charge in [0.15, 0.2) is 0 Å². The number of carbonyl (C=O) groups is 1. The lowest BCUT2D eigenvalue weighted by Gasteiger charge is -2.58. The molecule has 2 aliphatic rings. The minimum atomic E-state index is -0.761. The molecule has 1 saturated carbocycles. The first-order chi connectivity index (χ1) is 5.65. The summed E-state index contributed by atoms with van der Waals surface area (Å²) in [4.78, 5) is 12.0. The molecular formula is C8H12BrNO2. The molecule has 3 nitrogen and oxygen atoms in total.